The quantitative estimate of drug-likeness (QED) is 0.121. The van der Waals surface area contributed by atoms with Crippen LogP contribution in [0.3, 0.4) is 0 Å². The maximum absolute atomic E-state index is 2.59. The molecule has 5 aromatic carbocycles. The number of hydrogen-bond acceptors (Lipinski definition) is 4. The molecule has 2 aliphatic rings. The monoisotopic (exact) mass is 909 g/mol. The Bertz CT molecular complexity index is 2520. The minimum absolute atomic E-state index is 0.339. The summed E-state index contributed by atoms with van der Waals surface area (Å²) in [7, 11) is 0.363. The Kier molecular flexibility index (Phi) is 13.8. The van der Waals surface area contributed by atoms with Crippen LogP contribution in [-0.4, -0.2) is 0 Å². The average molecular weight is 909 g/mol. The molecule has 6 aromatic rings. The molecule has 3 heterocycles. The Morgan fingerprint density at radius 3 is 0.642 bits per heavy atom. The molecule has 0 N–H and O–H groups in total. The third-order valence-electron chi connectivity index (χ3n) is 14.1. The number of rotatable bonds is 12. The van der Waals surface area contributed by atoms with E-state index in [9.17, 15) is 0 Å². The predicted octanol–water partition coefficient (Wildman–Crippen LogP) is 17.0. The zero-order valence-corrected chi connectivity index (χ0v) is 44.5. The van der Waals surface area contributed by atoms with Crippen LogP contribution in [0.1, 0.15) is 203 Å². The van der Waals surface area contributed by atoms with Crippen molar-refractivity contribution in [3.8, 4) is 0 Å². The van der Waals surface area contributed by atoms with Gasteiger partial charge in [0, 0.05) is 34.7 Å². The van der Waals surface area contributed by atoms with E-state index in [1.54, 1.807) is 0 Å². The highest BCUT2D eigenvalue weighted by atomic mass is 31.0. The molecule has 0 spiro atoms. The van der Waals surface area contributed by atoms with E-state index in [4.69, 9.17) is 0 Å². The topological polar surface area (TPSA) is 13.0 Å². The average Bonchev–Trinajstić information content (AvgIpc) is 4.03. The van der Waals surface area contributed by atoms with Crippen LogP contribution in [0.15, 0.2) is 122 Å². The maximum Gasteiger partial charge on any atom is 0.133 e. The molecule has 8 rings (SSSR count). The highest BCUT2D eigenvalue weighted by Gasteiger charge is 2.35. The van der Waals surface area contributed by atoms with Crippen LogP contribution in [0.25, 0.3) is 22.4 Å². The van der Waals surface area contributed by atoms with Gasteiger partial charge in [-0.25, -0.2) is 0 Å². The molecule has 0 fully saturated rings. The second-order valence-corrected chi connectivity index (χ2v) is 22.8. The van der Waals surface area contributed by atoms with Crippen LogP contribution in [-0.2, 0) is 0 Å². The van der Waals surface area contributed by atoms with E-state index in [2.05, 4.69) is 252 Å². The Hall–Kier alpha value is -5.44. The number of benzene rings is 5. The predicted molar refractivity (Wildman–Crippen MR) is 296 cm³/mol. The van der Waals surface area contributed by atoms with Gasteiger partial charge in [0.05, 0.1) is 22.7 Å². The largest absolute Gasteiger partial charge is 0.300 e. The highest BCUT2D eigenvalue weighted by molar-refractivity contribution is 7.29. The molecule has 1 aromatic heterocycles. The van der Waals surface area contributed by atoms with Crippen molar-refractivity contribution in [3.05, 3.63) is 176 Å². The summed E-state index contributed by atoms with van der Waals surface area (Å²) in [5, 5.41) is 2.63. The Labute approximate surface area is 405 Å². The first-order valence-corrected chi connectivity index (χ1v) is 26.3. The summed E-state index contributed by atoms with van der Waals surface area (Å²) < 4.78 is 0. The van der Waals surface area contributed by atoms with Crippen LogP contribution < -0.4 is 29.5 Å². The summed E-state index contributed by atoms with van der Waals surface area (Å²) in [6.45, 7) is 37.6. The van der Waals surface area contributed by atoms with Crippen molar-refractivity contribution in [2.75, 3.05) is 19.6 Å². The first-order chi connectivity index (χ1) is 31.9. The Morgan fingerprint density at radius 1 is 0.269 bits per heavy atom. The summed E-state index contributed by atoms with van der Waals surface area (Å²) in [5.74, 6) is 5.20. The lowest BCUT2D eigenvalue weighted by molar-refractivity contribution is 0.827. The van der Waals surface area contributed by atoms with Gasteiger partial charge in [0.15, 0.2) is 0 Å². The van der Waals surface area contributed by atoms with Gasteiger partial charge in [-0.05, 0) is 103 Å². The van der Waals surface area contributed by atoms with E-state index in [-0.39, 0.29) is 0 Å². The molecular weight excluding hydrogens is 832 g/mol. The molecule has 4 nitrogen and oxygen atoms in total. The molecule has 0 aliphatic carbocycles. The van der Waals surface area contributed by atoms with Crippen molar-refractivity contribution >= 4 is 53.4 Å². The molecule has 0 saturated carbocycles. The van der Waals surface area contributed by atoms with E-state index in [1.165, 1.54) is 99.6 Å². The fraction of sp³-hybridized carbons (Fsp3) is 0.387. The van der Waals surface area contributed by atoms with E-state index < -0.39 is 0 Å². The van der Waals surface area contributed by atoms with E-state index >= 15 is 0 Å². The zero-order valence-electron chi connectivity index (χ0n) is 43.5. The van der Waals surface area contributed by atoms with Crippen LogP contribution in [0.2, 0.25) is 0 Å². The van der Waals surface area contributed by atoms with Crippen molar-refractivity contribution in [3.63, 3.8) is 0 Å². The highest BCUT2D eigenvalue weighted by Crippen LogP contribution is 2.48. The Morgan fingerprint density at radius 2 is 0.463 bits per heavy atom. The van der Waals surface area contributed by atoms with Crippen LogP contribution in [0, 0.1) is 0 Å². The summed E-state index contributed by atoms with van der Waals surface area (Å²) >= 11 is 0. The van der Waals surface area contributed by atoms with Crippen molar-refractivity contribution in [1.82, 2.24) is 0 Å². The maximum atomic E-state index is 2.59. The molecule has 0 unspecified atom stereocenters. The lowest BCUT2D eigenvalue weighted by Gasteiger charge is -2.33. The molecule has 0 atom stereocenters. The molecule has 5 heteroatoms. The summed E-state index contributed by atoms with van der Waals surface area (Å²) in [4.78, 5) is 13.1. The van der Waals surface area contributed by atoms with Gasteiger partial charge in [-0.3, -0.25) is 0 Å². The third-order valence-corrected chi connectivity index (χ3v) is 15.6. The second kappa shape index (κ2) is 19.3. The van der Waals surface area contributed by atoms with E-state index in [0.29, 0.717) is 55.5 Å². The fourth-order valence-electron chi connectivity index (χ4n) is 10.7. The van der Waals surface area contributed by atoms with Gasteiger partial charge in [0.2, 0.25) is 0 Å². The van der Waals surface area contributed by atoms with Gasteiger partial charge in [-0.15, -0.1) is 8.19 Å². The van der Waals surface area contributed by atoms with E-state index in [0.717, 1.165) is 0 Å². The normalized spacial score (nSPS) is 14.4. The van der Waals surface area contributed by atoms with E-state index in [1.807, 2.05) is 0 Å². The summed E-state index contributed by atoms with van der Waals surface area (Å²) in [6, 6.07) is 37.3. The zero-order chi connectivity index (χ0) is 48.2. The van der Waals surface area contributed by atoms with Crippen LogP contribution >= 0.6 is 8.19 Å². The van der Waals surface area contributed by atoms with Crippen molar-refractivity contribution < 1.29 is 0 Å². The number of para-hydroxylation sites is 4. The Balaban J connectivity index is 1.61. The molecule has 0 saturated heterocycles. The number of hydrogen-bond donors (Lipinski definition) is 0. The van der Waals surface area contributed by atoms with Gasteiger partial charge < -0.3 is 19.6 Å². The van der Waals surface area contributed by atoms with Crippen LogP contribution in [0.5, 0.6) is 0 Å². The van der Waals surface area contributed by atoms with Crippen molar-refractivity contribution in [1.29, 1.82) is 0 Å². The van der Waals surface area contributed by atoms with Crippen molar-refractivity contribution in [2.24, 2.45) is 0 Å². The summed E-state index contributed by atoms with van der Waals surface area (Å²) in [6.07, 6.45) is 9.52. The van der Waals surface area contributed by atoms with Gasteiger partial charge in [0.25, 0.3) is 0 Å². The lowest BCUT2D eigenvalue weighted by Crippen LogP contribution is -2.30. The third kappa shape index (κ3) is 8.58. The molecule has 67 heavy (non-hydrogen) atoms. The number of fused-ring (bicyclic) bond motifs is 1. The molecule has 0 radical (unpaired) electrons. The standard InChI is InChI=1S/C62H77N4P/c1-37(2)45-25-19-26-46(38(3)4)55(45)63-33-34-64(56-47(39(5)6)27-20-28-48(56)40(7)8)61(63)59-53-23-17-18-24-54(53)60(67-59)62-65(57-49(41(9)10)29-21-30-50(57)42(11)12)35-36-66(62)58-51(43(13)14)31-22-32-52(58)44(15)16/h17-44,67H,1-16H3. The van der Waals surface area contributed by atoms with Crippen molar-refractivity contribution in [2.45, 2.75) is 158 Å². The minimum Gasteiger partial charge on any atom is -0.300 e. The van der Waals surface area contributed by atoms with Gasteiger partial charge >= 0.3 is 0 Å². The van der Waals surface area contributed by atoms with Crippen LogP contribution in [0.4, 0.5) is 22.7 Å². The molecular formula is C62H77N4P. The first-order valence-electron chi connectivity index (χ1n) is 25.3. The molecule has 0 bridgehead atoms. The second-order valence-electron chi connectivity index (χ2n) is 21.5. The first kappa shape index (κ1) is 48.0. The molecule has 0 amide bonds. The number of anilines is 4. The van der Waals surface area contributed by atoms with Gasteiger partial charge in [0.1, 0.15) is 11.6 Å². The lowest BCUT2D eigenvalue weighted by atomic mass is 9.91. The smallest absolute Gasteiger partial charge is 0.133 e. The molecule has 350 valence electrons. The molecule has 2 aliphatic heterocycles. The fourth-order valence-corrected chi connectivity index (χ4v) is 12.3. The van der Waals surface area contributed by atoms with Gasteiger partial charge in [-0.2, -0.15) is 0 Å². The summed E-state index contributed by atoms with van der Waals surface area (Å²) in [5.41, 5.74) is 16.3. The number of nitrogens with zero attached hydrogens (tertiary/aromatic N) is 4. The SMILES string of the molecule is CC(C)c1cccc(C(C)C)c1N1C=CN(c2c(C(C)C)cccc2C(C)C)C1=c1[pH]c(=C2N(c3c(C(C)C)cccc3C(C)C)C=CN2c2c(C(C)C)cccc2C(C)C)c2ccccc12. The minimum atomic E-state index is 0.339. The van der Waals surface area contributed by atoms with Gasteiger partial charge in [-0.1, -0.05) is 208 Å².